The molecule has 0 aliphatic rings. The van der Waals surface area contributed by atoms with Crippen molar-refractivity contribution in [1.82, 2.24) is 16.0 Å². The molecular weight excluding hydrogens is 389 g/mol. The average Bonchev–Trinajstić information content (AvgIpc) is 2.67. The monoisotopic (exact) mass is 409 g/mol. The summed E-state index contributed by atoms with van der Waals surface area (Å²) in [7, 11) is 0. The van der Waals surface area contributed by atoms with Crippen LogP contribution in [0.5, 0.6) is 0 Å². The first-order valence-electron chi connectivity index (χ1n) is 8.48. The van der Waals surface area contributed by atoms with Gasteiger partial charge in [-0.1, -0.05) is 11.6 Å². The number of carbonyl (C=O) groups is 2. The molecule has 0 unspecified atom stereocenters. The molecule has 144 valence electrons. The molecule has 0 heterocycles. The van der Waals surface area contributed by atoms with Crippen LogP contribution in [0.15, 0.2) is 53.4 Å². The normalized spacial score (nSPS) is 10.3. The van der Waals surface area contributed by atoms with Crippen molar-refractivity contribution in [3.8, 4) is 0 Å². The number of thioether (sulfide) groups is 1. The van der Waals surface area contributed by atoms with Gasteiger partial charge in [0, 0.05) is 40.9 Å². The number of hydrogen-bond donors (Lipinski definition) is 3. The van der Waals surface area contributed by atoms with E-state index in [0.29, 0.717) is 36.6 Å². The van der Waals surface area contributed by atoms with Crippen LogP contribution >= 0.6 is 23.4 Å². The molecule has 2 aromatic carbocycles. The maximum Gasteiger partial charge on any atom is 0.314 e. The van der Waals surface area contributed by atoms with Crippen molar-refractivity contribution in [2.45, 2.75) is 11.3 Å². The largest absolute Gasteiger partial charge is 0.352 e. The van der Waals surface area contributed by atoms with E-state index in [0.717, 1.165) is 10.6 Å². The van der Waals surface area contributed by atoms with Gasteiger partial charge in [0.25, 0.3) is 5.91 Å². The van der Waals surface area contributed by atoms with E-state index in [1.165, 1.54) is 24.3 Å². The number of amides is 3. The third-order valence-electron chi connectivity index (χ3n) is 3.50. The lowest BCUT2D eigenvalue weighted by Gasteiger charge is -2.08. The number of hydrogen-bond acceptors (Lipinski definition) is 3. The van der Waals surface area contributed by atoms with Crippen LogP contribution in [-0.4, -0.2) is 37.3 Å². The van der Waals surface area contributed by atoms with E-state index < -0.39 is 0 Å². The van der Waals surface area contributed by atoms with Gasteiger partial charge in [-0.3, -0.25) is 4.79 Å². The Kier molecular flexibility index (Phi) is 8.94. The van der Waals surface area contributed by atoms with Gasteiger partial charge in [0.2, 0.25) is 0 Å². The van der Waals surface area contributed by atoms with Crippen molar-refractivity contribution in [2.75, 3.05) is 25.4 Å². The van der Waals surface area contributed by atoms with E-state index in [9.17, 15) is 14.0 Å². The number of benzene rings is 2. The highest BCUT2D eigenvalue weighted by Crippen LogP contribution is 2.19. The van der Waals surface area contributed by atoms with Crippen LogP contribution in [0, 0.1) is 5.82 Å². The SMILES string of the molecule is O=C(NCCCNC(=O)c1ccc(F)cc1)NCCSc1ccc(Cl)cc1. The molecule has 8 heteroatoms. The molecule has 2 aromatic rings. The van der Waals surface area contributed by atoms with Gasteiger partial charge in [0.1, 0.15) is 5.82 Å². The zero-order chi connectivity index (χ0) is 19.5. The molecular formula is C19H21ClFN3O2S. The van der Waals surface area contributed by atoms with Gasteiger partial charge in [-0.05, 0) is 55.0 Å². The molecule has 5 nitrogen and oxygen atoms in total. The van der Waals surface area contributed by atoms with Gasteiger partial charge in [0.05, 0.1) is 0 Å². The molecule has 0 aromatic heterocycles. The summed E-state index contributed by atoms with van der Waals surface area (Å²) < 4.78 is 12.8. The lowest BCUT2D eigenvalue weighted by molar-refractivity contribution is 0.0953. The minimum Gasteiger partial charge on any atom is -0.352 e. The first kappa shape index (κ1) is 21.1. The number of urea groups is 1. The standard InChI is InChI=1S/C19H21ClFN3O2S/c20-15-4-8-17(9-5-15)27-13-12-24-19(26)23-11-1-10-22-18(25)14-2-6-16(21)7-3-14/h2-9H,1,10-13H2,(H,22,25)(H2,23,24,26). The summed E-state index contributed by atoms with van der Waals surface area (Å²) in [5.74, 6) is 0.106. The quantitative estimate of drug-likeness (QED) is 0.437. The Hall–Kier alpha value is -2.25. The molecule has 0 aliphatic heterocycles. The molecule has 0 saturated carbocycles. The summed E-state index contributed by atoms with van der Waals surface area (Å²) in [5.41, 5.74) is 0.403. The Labute approximate surface area is 167 Å². The van der Waals surface area contributed by atoms with E-state index in [2.05, 4.69) is 16.0 Å². The summed E-state index contributed by atoms with van der Waals surface area (Å²) in [6, 6.07) is 12.6. The summed E-state index contributed by atoms with van der Waals surface area (Å²) in [5, 5.41) is 8.93. The van der Waals surface area contributed by atoms with Gasteiger partial charge in [-0.2, -0.15) is 0 Å². The molecule has 0 aliphatic carbocycles. The number of rotatable bonds is 9. The molecule has 0 fully saturated rings. The molecule has 0 bridgehead atoms. The predicted octanol–water partition coefficient (Wildman–Crippen LogP) is 3.69. The highest BCUT2D eigenvalue weighted by atomic mass is 35.5. The topological polar surface area (TPSA) is 70.2 Å². The lowest BCUT2D eigenvalue weighted by Crippen LogP contribution is -2.38. The van der Waals surface area contributed by atoms with Crippen molar-refractivity contribution in [2.24, 2.45) is 0 Å². The van der Waals surface area contributed by atoms with Gasteiger partial charge in [0.15, 0.2) is 0 Å². The zero-order valence-electron chi connectivity index (χ0n) is 14.6. The second-order valence-corrected chi connectivity index (χ2v) is 7.21. The third kappa shape index (κ3) is 8.32. The number of nitrogens with one attached hydrogen (secondary N) is 3. The van der Waals surface area contributed by atoms with Gasteiger partial charge in [-0.15, -0.1) is 11.8 Å². The van der Waals surface area contributed by atoms with E-state index in [-0.39, 0.29) is 17.8 Å². The molecule has 3 N–H and O–H groups in total. The first-order valence-corrected chi connectivity index (χ1v) is 9.85. The van der Waals surface area contributed by atoms with Crippen molar-refractivity contribution < 1.29 is 14.0 Å². The van der Waals surface area contributed by atoms with E-state index in [1.54, 1.807) is 11.8 Å². The summed E-state index contributed by atoms with van der Waals surface area (Å²) in [4.78, 5) is 24.6. The third-order valence-corrected chi connectivity index (χ3v) is 4.77. The number of halogens is 2. The second-order valence-electron chi connectivity index (χ2n) is 5.60. The Morgan fingerprint density at radius 3 is 2.22 bits per heavy atom. The van der Waals surface area contributed by atoms with Crippen LogP contribution in [0.2, 0.25) is 5.02 Å². The second kappa shape index (κ2) is 11.5. The minimum atomic E-state index is -0.381. The van der Waals surface area contributed by atoms with Crippen LogP contribution in [0.1, 0.15) is 16.8 Å². The van der Waals surface area contributed by atoms with Crippen molar-refractivity contribution in [1.29, 1.82) is 0 Å². The highest BCUT2D eigenvalue weighted by molar-refractivity contribution is 7.99. The minimum absolute atomic E-state index is 0.239. The Morgan fingerprint density at radius 2 is 1.52 bits per heavy atom. The molecule has 27 heavy (non-hydrogen) atoms. The Bertz CT molecular complexity index is 742. The molecule has 0 saturated heterocycles. The molecule has 0 atom stereocenters. The van der Waals surface area contributed by atoms with E-state index in [1.807, 2.05) is 24.3 Å². The summed E-state index contributed by atoms with van der Waals surface area (Å²) in [6.07, 6.45) is 0.597. The van der Waals surface area contributed by atoms with Gasteiger partial charge < -0.3 is 16.0 Å². The maximum absolute atomic E-state index is 12.8. The van der Waals surface area contributed by atoms with Crippen LogP contribution in [0.4, 0.5) is 9.18 Å². The van der Waals surface area contributed by atoms with Crippen molar-refractivity contribution in [3.05, 3.63) is 64.9 Å². The van der Waals surface area contributed by atoms with Crippen LogP contribution in [-0.2, 0) is 0 Å². The average molecular weight is 410 g/mol. The van der Waals surface area contributed by atoms with Crippen LogP contribution < -0.4 is 16.0 Å². The fourth-order valence-electron chi connectivity index (χ4n) is 2.12. The van der Waals surface area contributed by atoms with Crippen molar-refractivity contribution >= 4 is 35.3 Å². The van der Waals surface area contributed by atoms with Gasteiger partial charge >= 0.3 is 6.03 Å². The number of carbonyl (C=O) groups excluding carboxylic acids is 2. The van der Waals surface area contributed by atoms with Crippen LogP contribution in [0.25, 0.3) is 0 Å². The molecule has 2 rings (SSSR count). The lowest BCUT2D eigenvalue weighted by atomic mass is 10.2. The first-order chi connectivity index (χ1) is 13.0. The van der Waals surface area contributed by atoms with Gasteiger partial charge in [-0.25, -0.2) is 9.18 Å². The molecule has 0 spiro atoms. The zero-order valence-corrected chi connectivity index (χ0v) is 16.2. The highest BCUT2D eigenvalue weighted by Gasteiger charge is 2.05. The summed E-state index contributed by atoms with van der Waals surface area (Å²) in [6.45, 7) is 1.41. The smallest absolute Gasteiger partial charge is 0.314 e. The fraction of sp³-hybridized carbons (Fsp3) is 0.263. The summed E-state index contributed by atoms with van der Waals surface area (Å²) >= 11 is 7.46. The van der Waals surface area contributed by atoms with Crippen molar-refractivity contribution in [3.63, 3.8) is 0 Å². The predicted molar refractivity (Wildman–Crippen MR) is 107 cm³/mol. The fourth-order valence-corrected chi connectivity index (χ4v) is 3.02. The van der Waals surface area contributed by atoms with E-state index in [4.69, 9.17) is 11.6 Å². The molecule has 0 radical (unpaired) electrons. The molecule has 3 amide bonds. The maximum atomic E-state index is 12.8. The Balaban J connectivity index is 1.50. The Morgan fingerprint density at radius 1 is 0.889 bits per heavy atom. The van der Waals surface area contributed by atoms with E-state index >= 15 is 0 Å². The van der Waals surface area contributed by atoms with Crippen LogP contribution in [0.3, 0.4) is 0 Å².